The molecule has 0 heterocycles. The Morgan fingerprint density at radius 3 is 1.82 bits per heavy atom. The van der Waals surface area contributed by atoms with E-state index in [0.29, 0.717) is 17.7 Å². The number of nitrogens with zero attached hydrogens (tertiary/aromatic N) is 1. The molecule has 0 saturated heterocycles. The highest BCUT2D eigenvalue weighted by Gasteiger charge is 2.28. The molecule has 0 amide bonds. The molecule has 0 saturated carbocycles. The normalized spacial score (nSPS) is 13.9. The van der Waals surface area contributed by atoms with E-state index >= 15 is 0 Å². The minimum atomic E-state index is -0.209. The second kappa shape index (κ2) is 5.51. The number of carbonyl (C=O) groups excluding carboxylic acids is 1. The monoisotopic (exact) mass is 242 g/mol. The Hall–Kier alpha value is -0.370. The summed E-state index contributed by atoms with van der Waals surface area (Å²) in [5, 5.41) is 0. The summed E-state index contributed by atoms with van der Waals surface area (Å²) in [5.41, 5.74) is 0.188. The van der Waals surface area contributed by atoms with Crippen LogP contribution in [0.3, 0.4) is 0 Å². The second-order valence-electron chi connectivity index (χ2n) is 8.15. The zero-order valence-electron chi connectivity index (χ0n) is 13.2. The summed E-state index contributed by atoms with van der Waals surface area (Å²) in [7, 11) is 4.32. The first-order valence-corrected chi connectivity index (χ1v) is 6.69. The van der Waals surface area contributed by atoms with E-state index < -0.39 is 0 Å². The number of rotatable bonds is 5. The lowest BCUT2D eigenvalue weighted by Gasteiger charge is -2.32. The van der Waals surface area contributed by atoms with Crippen LogP contribution in [0.15, 0.2) is 0 Å². The molecule has 0 aromatic heterocycles. The Morgan fingerprint density at radius 1 is 1.00 bits per heavy atom. The molecule has 17 heavy (non-hydrogen) atoms. The fraction of sp³-hybridized carbons (Fsp3) is 0.933. The maximum absolute atomic E-state index is 12.0. The smallest absolute Gasteiger partial charge is 0.192 e. The minimum absolute atomic E-state index is 0.209. The molecular weight excluding hydrogens is 210 g/mol. The number of quaternary nitrogens is 1. The van der Waals surface area contributed by atoms with E-state index in [1.165, 1.54) is 12.8 Å². The number of ketones is 1. The molecule has 0 aliphatic rings. The van der Waals surface area contributed by atoms with Crippen molar-refractivity contribution in [1.29, 1.82) is 0 Å². The molecule has 0 spiro atoms. The van der Waals surface area contributed by atoms with Crippen molar-refractivity contribution in [3.63, 3.8) is 0 Å². The van der Waals surface area contributed by atoms with Gasteiger partial charge in [0.25, 0.3) is 0 Å². The summed E-state index contributed by atoms with van der Waals surface area (Å²) < 4.78 is 0.812. The molecule has 0 unspecified atom stereocenters. The first kappa shape index (κ1) is 16.6. The zero-order valence-corrected chi connectivity index (χ0v) is 13.2. The lowest BCUT2D eigenvalue weighted by atomic mass is 9.89. The van der Waals surface area contributed by atoms with Crippen molar-refractivity contribution in [3.8, 4) is 0 Å². The fourth-order valence-electron chi connectivity index (χ4n) is 1.74. The molecule has 0 aliphatic heterocycles. The van der Waals surface area contributed by atoms with E-state index in [0.717, 1.165) is 11.0 Å². The SMILES string of the molecule is CC(C)(C)CCC[N+](C)(C)CC(=O)C(C)(C)C. The Labute approximate surface area is 108 Å². The molecule has 0 rings (SSSR count). The van der Waals surface area contributed by atoms with E-state index in [9.17, 15) is 4.79 Å². The largest absolute Gasteiger partial charge is 0.322 e. The Kier molecular flexibility index (Phi) is 5.39. The zero-order chi connectivity index (χ0) is 13.9. The van der Waals surface area contributed by atoms with Gasteiger partial charge in [0.05, 0.1) is 20.6 Å². The molecule has 2 nitrogen and oxygen atoms in total. The van der Waals surface area contributed by atoms with Gasteiger partial charge < -0.3 is 4.48 Å². The highest BCUT2D eigenvalue weighted by atomic mass is 16.1. The highest BCUT2D eigenvalue weighted by Crippen LogP contribution is 2.22. The van der Waals surface area contributed by atoms with Crippen molar-refractivity contribution >= 4 is 5.78 Å². The second-order valence-corrected chi connectivity index (χ2v) is 8.15. The summed E-state index contributed by atoms with van der Waals surface area (Å²) in [6, 6.07) is 0. The number of hydrogen-bond acceptors (Lipinski definition) is 1. The van der Waals surface area contributed by atoms with E-state index in [2.05, 4.69) is 34.9 Å². The predicted molar refractivity (Wildman–Crippen MR) is 75.0 cm³/mol. The van der Waals surface area contributed by atoms with Crippen LogP contribution in [0.25, 0.3) is 0 Å². The van der Waals surface area contributed by atoms with Crippen molar-refractivity contribution in [2.24, 2.45) is 10.8 Å². The van der Waals surface area contributed by atoms with Crippen LogP contribution in [-0.4, -0.2) is 37.5 Å². The van der Waals surface area contributed by atoms with Crippen molar-refractivity contribution in [3.05, 3.63) is 0 Å². The van der Waals surface area contributed by atoms with Crippen LogP contribution in [-0.2, 0) is 4.79 Å². The summed E-state index contributed by atoms with van der Waals surface area (Å²) in [6.45, 7) is 14.6. The number of Topliss-reactive ketones (excluding diaryl/α,β-unsaturated/α-hetero) is 1. The fourth-order valence-corrected chi connectivity index (χ4v) is 1.74. The minimum Gasteiger partial charge on any atom is -0.322 e. The Bertz CT molecular complexity index is 253. The topological polar surface area (TPSA) is 17.1 Å². The van der Waals surface area contributed by atoms with Gasteiger partial charge in [0.1, 0.15) is 6.54 Å². The summed E-state index contributed by atoms with van der Waals surface area (Å²) in [4.78, 5) is 12.0. The van der Waals surface area contributed by atoms with Gasteiger partial charge in [0.15, 0.2) is 5.78 Å². The molecule has 0 aromatic carbocycles. The Balaban J connectivity index is 4.17. The first-order valence-electron chi connectivity index (χ1n) is 6.69. The van der Waals surface area contributed by atoms with Crippen molar-refractivity contribution in [2.45, 2.75) is 54.4 Å². The van der Waals surface area contributed by atoms with Gasteiger partial charge in [-0.05, 0) is 18.3 Å². The summed E-state index contributed by atoms with van der Waals surface area (Å²) in [5.74, 6) is 0.359. The van der Waals surface area contributed by atoms with Crippen LogP contribution in [0, 0.1) is 10.8 Å². The van der Waals surface area contributed by atoms with Gasteiger partial charge in [-0.15, -0.1) is 0 Å². The van der Waals surface area contributed by atoms with E-state index in [1.807, 2.05) is 20.8 Å². The standard InChI is InChI=1S/C15H32NO/c1-14(2,3)10-9-11-16(7,8)12-13(17)15(4,5)6/h9-12H2,1-8H3/q+1. The van der Waals surface area contributed by atoms with Crippen LogP contribution in [0.2, 0.25) is 0 Å². The molecule has 0 bridgehead atoms. The van der Waals surface area contributed by atoms with Crippen molar-refractivity contribution < 1.29 is 9.28 Å². The van der Waals surface area contributed by atoms with Gasteiger partial charge in [-0.25, -0.2) is 0 Å². The average Bonchev–Trinajstić information content (AvgIpc) is 1.97. The lowest BCUT2D eigenvalue weighted by Crippen LogP contribution is -2.47. The summed E-state index contributed by atoms with van der Waals surface area (Å²) >= 11 is 0. The molecule has 0 fully saturated rings. The van der Waals surface area contributed by atoms with Crippen LogP contribution < -0.4 is 0 Å². The number of carbonyl (C=O) groups is 1. The van der Waals surface area contributed by atoms with E-state index in [-0.39, 0.29) is 5.41 Å². The van der Waals surface area contributed by atoms with Gasteiger partial charge in [0.2, 0.25) is 0 Å². The maximum Gasteiger partial charge on any atom is 0.192 e. The van der Waals surface area contributed by atoms with Crippen LogP contribution in [0.4, 0.5) is 0 Å². The molecule has 102 valence electrons. The van der Waals surface area contributed by atoms with Gasteiger partial charge in [-0.1, -0.05) is 41.5 Å². The molecule has 0 aliphatic carbocycles. The van der Waals surface area contributed by atoms with Gasteiger partial charge in [-0.3, -0.25) is 4.79 Å². The molecular formula is C15H32NO+. The van der Waals surface area contributed by atoms with Gasteiger partial charge in [0, 0.05) is 5.41 Å². The van der Waals surface area contributed by atoms with Crippen LogP contribution in [0.5, 0.6) is 0 Å². The van der Waals surface area contributed by atoms with E-state index in [4.69, 9.17) is 0 Å². The molecule has 0 aromatic rings. The van der Waals surface area contributed by atoms with Gasteiger partial charge in [-0.2, -0.15) is 0 Å². The van der Waals surface area contributed by atoms with Crippen molar-refractivity contribution in [2.75, 3.05) is 27.2 Å². The third kappa shape index (κ3) is 8.37. The van der Waals surface area contributed by atoms with Crippen molar-refractivity contribution in [1.82, 2.24) is 0 Å². The van der Waals surface area contributed by atoms with Crippen LogP contribution in [0.1, 0.15) is 54.4 Å². The molecule has 2 heteroatoms. The number of likely N-dealkylation sites (N-methyl/N-ethyl adjacent to an activating group) is 1. The predicted octanol–water partition coefficient (Wildman–Crippen LogP) is 3.50. The highest BCUT2D eigenvalue weighted by molar-refractivity contribution is 5.84. The quantitative estimate of drug-likeness (QED) is 0.674. The summed E-state index contributed by atoms with van der Waals surface area (Å²) in [6.07, 6.45) is 2.41. The van der Waals surface area contributed by atoms with E-state index in [1.54, 1.807) is 0 Å². The lowest BCUT2D eigenvalue weighted by molar-refractivity contribution is -0.882. The Morgan fingerprint density at radius 2 is 1.47 bits per heavy atom. The third-order valence-corrected chi connectivity index (χ3v) is 3.10. The maximum atomic E-state index is 12.0. The van der Waals surface area contributed by atoms with Crippen LogP contribution >= 0.6 is 0 Å². The number of hydrogen-bond donors (Lipinski definition) is 0. The first-order chi connectivity index (χ1) is 7.33. The average molecular weight is 242 g/mol. The molecule has 0 atom stereocenters. The van der Waals surface area contributed by atoms with Gasteiger partial charge >= 0.3 is 0 Å². The molecule has 0 radical (unpaired) electrons. The third-order valence-electron chi connectivity index (χ3n) is 3.10. The molecule has 0 N–H and O–H groups in total.